The topological polar surface area (TPSA) is 224 Å². The number of ketones is 1. The Morgan fingerprint density at radius 3 is 2.10 bits per heavy atom. The van der Waals surface area contributed by atoms with Crippen molar-refractivity contribution in [3.63, 3.8) is 0 Å². The van der Waals surface area contributed by atoms with Gasteiger partial charge >= 0.3 is 24.0 Å². The maximum absolute atomic E-state index is 14.9. The van der Waals surface area contributed by atoms with Crippen LogP contribution in [0.4, 0.5) is 4.79 Å². The van der Waals surface area contributed by atoms with Crippen molar-refractivity contribution in [1.82, 2.24) is 5.32 Å². The summed E-state index contributed by atoms with van der Waals surface area (Å²) in [5.74, 6) is -5.36. The largest absolute Gasteiger partial charge is 0.456 e. The van der Waals surface area contributed by atoms with Crippen LogP contribution in [0.5, 0.6) is 0 Å². The molecule has 15 heteroatoms. The van der Waals surface area contributed by atoms with Gasteiger partial charge in [0.2, 0.25) is 0 Å². The van der Waals surface area contributed by atoms with Crippen LogP contribution in [0.3, 0.4) is 0 Å². The summed E-state index contributed by atoms with van der Waals surface area (Å²) in [4.78, 5) is 68.9. The van der Waals surface area contributed by atoms with Gasteiger partial charge in [-0.1, -0.05) is 62.4 Å². The zero-order chi connectivity index (χ0) is 42.7. The van der Waals surface area contributed by atoms with Gasteiger partial charge in [-0.25, -0.2) is 14.4 Å². The number of alkyl carbamates (subject to hydrolysis) is 1. The molecule has 3 aliphatic carbocycles. The molecule has 314 valence electrons. The van der Waals surface area contributed by atoms with Gasteiger partial charge in [0.15, 0.2) is 17.5 Å². The van der Waals surface area contributed by atoms with Gasteiger partial charge in [-0.05, 0) is 63.5 Å². The zero-order valence-corrected chi connectivity index (χ0v) is 33.9. The van der Waals surface area contributed by atoms with Crippen LogP contribution in [-0.4, -0.2) is 110 Å². The lowest BCUT2D eigenvalue weighted by atomic mass is 9.44. The molecule has 4 aliphatic rings. The van der Waals surface area contributed by atoms with E-state index in [1.54, 1.807) is 83.1 Å². The molecule has 2 aromatic carbocycles. The highest BCUT2D eigenvalue weighted by atomic mass is 16.6. The van der Waals surface area contributed by atoms with E-state index in [2.05, 4.69) is 5.32 Å². The number of ether oxygens (including phenoxy) is 5. The van der Waals surface area contributed by atoms with Crippen LogP contribution >= 0.6 is 0 Å². The predicted octanol–water partition coefficient (Wildman–Crippen LogP) is 3.26. The molecule has 1 amide bonds. The van der Waals surface area contributed by atoms with Crippen molar-refractivity contribution < 1.29 is 68.1 Å². The fourth-order valence-electron chi connectivity index (χ4n) is 9.56. The van der Waals surface area contributed by atoms with Crippen LogP contribution in [0.15, 0.2) is 71.8 Å². The first kappa shape index (κ1) is 42.9. The van der Waals surface area contributed by atoms with E-state index in [0.29, 0.717) is 5.56 Å². The lowest BCUT2D eigenvalue weighted by molar-refractivity contribution is -0.346. The number of hydrogen-bond donors (Lipinski definition) is 5. The second-order valence-corrected chi connectivity index (χ2v) is 17.6. The van der Waals surface area contributed by atoms with E-state index in [9.17, 15) is 44.4 Å². The van der Waals surface area contributed by atoms with Gasteiger partial charge in [0.1, 0.15) is 35.6 Å². The van der Waals surface area contributed by atoms with Crippen molar-refractivity contribution in [2.45, 2.75) is 128 Å². The summed E-state index contributed by atoms with van der Waals surface area (Å²) < 4.78 is 29.5. The van der Waals surface area contributed by atoms with Crippen molar-refractivity contribution in [2.75, 3.05) is 6.61 Å². The minimum atomic E-state index is -2.35. The van der Waals surface area contributed by atoms with E-state index in [0.717, 1.165) is 6.92 Å². The summed E-state index contributed by atoms with van der Waals surface area (Å²) in [7, 11) is 0. The first-order chi connectivity index (χ1) is 27.0. The molecule has 6 rings (SSSR count). The van der Waals surface area contributed by atoms with Gasteiger partial charge in [-0.2, -0.15) is 0 Å². The van der Waals surface area contributed by atoms with Gasteiger partial charge in [-0.15, -0.1) is 0 Å². The van der Waals surface area contributed by atoms with Crippen molar-refractivity contribution in [2.24, 2.45) is 16.7 Å². The zero-order valence-electron chi connectivity index (χ0n) is 33.9. The molecule has 2 bridgehead atoms. The van der Waals surface area contributed by atoms with Gasteiger partial charge in [0.25, 0.3) is 0 Å². The van der Waals surface area contributed by atoms with Crippen LogP contribution in [0, 0.1) is 16.7 Å². The van der Waals surface area contributed by atoms with E-state index in [1.807, 2.05) is 0 Å². The SMILES string of the molecule is CC(=O)O[C@@]12CO[C@@H]1C[C@@H](O)[C@]1(C)C(=O)[C@H](O)C3=C(C)[C@@H](OC(=O)[C@@H](O)[C@@H](NC(=O)OC(C)(C)C)c4ccccc4)C[C@](O)([C@@H](OC(=O)c4ccccc4)[C@H]21)C3(C)C. The van der Waals surface area contributed by atoms with Gasteiger partial charge in [0.05, 0.1) is 35.6 Å². The normalized spacial score (nSPS) is 33.7. The molecular formula is C43H53NO14. The summed E-state index contributed by atoms with van der Waals surface area (Å²) in [6, 6.07) is 14.6. The highest BCUT2D eigenvalue weighted by molar-refractivity contribution is 5.94. The Balaban J connectivity index is 1.49. The van der Waals surface area contributed by atoms with E-state index in [1.165, 1.54) is 26.0 Å². The number of carbonyl (C=O) groups is 5. The molecule has 2 aromatic rings. The lowest BCUT2D eigenvalue weighted by Gasteiger charge is -2.67. The average Bonchev–Trinajstić information content (AvgIpc) is 3.14. The molecule has 15 nitrogen and oxygen atoms in total. The Labute approximate surface area is 336 Å². The van der Waals surface area contributed by atoms with Crippen LogP contribution in [0.2, 0.25) is 0 Å². The molecule has 3 fully saturated rings. The lowest BCUT2D eigenvalue weighted by Crippen LogP contribution is -2.81. The molecule has 1 saturated heterocycles. The quantitative estimate of drug-likeness (QED) is 0.147. The number of amides is 1. The number of rotatable bonds is 8. The number of fused-ring (bicyclic) bond motifs is 5. The molecule has 1 aliphatic heterocycles. The number of aliphatic hydroxyl groups is 4. The number of nitrogens with one attached hydrogen (secondary N) is 1. The average molecular weight is 808 g/mol. The molecule has 0 spiro atoms. The van der Waals surface area contributed by atoms with Crippen LogP contribution in [0.25, 0.3) is 0 Å². The van der Waals surface area contributed by atoms with Crippen molar-refractivity contribution in [3.05, 3.63) is 82.9 Å². The maximum atomic E-state index is 14.9. The van der Waals surface area contributed by atoms with Crippen LogP contribution in [0.1, 0.15) is 90.2 Å². The summed E-state index contributed by atoms with van der Waals surface area (Å²) in [6.45, 7) is 11.8. The monoisotopic (exact) mass is 807 g/mol. The first-order valence-electron chi connectivity index (χ1n) is 19.3. The second-order valence-electron chi connectivity index (χ2n) is 17.6. The first-order valence-corrected chi connectivity index (χ1v) is 19.3. The minimum absolute atomic E-state index is 0.0637. The van der Waals surface area contributed by atoms with Crippen LogP contribution < -0.4 is 5.32 Å². The number of Topliss-reactive ketones (excluding diaryl/α,β-unsaturated/α-hetero) is 1. The fraction of sp³-hybridized carbons (Fsp3) is 0.558. The number of benzene rings is 2. The molecule has 5 N–H and O–H groups in total. The van der Waals surface area contributed by atoms with Crippen LogP contribution in [-0.2, 0) is 38.1 Å². The molecule has 11 atom stereocenters. The highest BCUT2D eigenvalue weighted by Gasteiger charge is 2.78. The molecule has 2 saturated carbocycles. The fourth-order valence-corrected chi connectivity index (χ4v) is 9.56. The Hall–Kier alpha value is -4.67. The maximum Gasteiger partial charge on any atom is 0.408 e. The summed E-state index contributed by atoms with van der Waals surface area (Å²) >= 11 is 0. The third-order valence-electron chi connectivity index (χ3n) is 12.6. The number of carbonyl (C=O) groups excluding carboxylic acids is 5. The Kier molecular flexibility index (Phi) is 11.2. The second kappa shape index (κ2) is 15.2. The molecule has 0 unspecified atom stereocenters. The summed E-state index contributed by atoms with van der Waals surface area (Å²) in [5.41, 5.74) is -8.14. The smallest absolute Gasteiger partial charge is 0.408 e. The Morgan fingerprint density at radius 1 is 0.948 bits per heavy atom. The van der Waals surface area contributed by atoms with Crippen molar-refractivity contribution in [3.8, 4) is 0 Å². The third-order valence-corrected chi connectivity index (χ3v) is 12.6. The Bertz CT molecular complexity index is 1980. The standard InChI is InChI=1S/C43H53NO14/c1-22-26(55-37(51)32(48)30(24-15-11-9-12-16-24)44-38(52)58-39(3,4)5)20-43(53)35(56-36(50)25-17-13-10-14-18-25)33-41(8,34(49)31(47)29(22)40(43,6)7)27(46)19-28-42(33,21-54-28)57-23(2)45/h9-18,26-28,30-33,35,46-48,53H,19-21H2,1-8H3,(H,44,52)/t26-,27+,28+,30-,31+,32-,33-,35-,41-,42-,43-/m0/s1. The van der Waals surface area contributed by atoms with E-state index >= 15 is 0 Å². The van der Waals surface area contributed by atoms with Gasteiger partial charge < -0.3 is 49.4 Å². The molecule has 0 aromatic heterocycles. The molecule has 1 heterocycles. The summed E-state index contributed by atoms with van der Waals surface area (Å²) in [5, 5.41) is 51.6. The van der Waals surface area contributed by atoms with Crippen molar-refractivity contribution >= 4 is 29.8 Å². The molecule has 58 heavy (non-hydrogen) atoms. The summed E-state index contributed by atoms with van der Waals surface area (Å²) in [6.07, 6.45) is -11.5. The number of esters is 3. The highest BCUT2D eigenvalue weighted by Crippen LogP contribution is 2.64. The van der Waals surface area contributed by atoms with E-state index in [-0.39, 0.29) is 29.7 Å². The minimum Gasteiger partial charge on any atom is -0.456 e. The Morgan fingerprint density at radius 2 is 1.55 bits per heavy atom. The van der Waals surface area contributed by atoms with Gasteiger partial charge in [-0.3, -0.25) is 9.59 Å². The predicted molar refractivity (Wildman–Crippen MR) is 204 cm³/mol. The molecular weight excluding hydrogens is 754 g/mol. The van der Waals surface area contributed by atoms with E-state index in [4.69, 9.17) is 23.7 Å². The molecule has 0 radical (unpaired) electrons. The van der Waals surface area contributed by atoms with Gasteiger partial charge in [0, 0.05) is 25.2 Å². The number of aliphatic hydroxyl groups excluding tert-OH is 3. The van der Waals surface area contributed by atoms with E-state index < -0.39 is 112 Å². The third kappa shape index (κ3) is 7.10. The van der Waals surface area contributed by atoms with Crippen molar-refractivity contribution in [1.29, 1.82) is 0 Å². The number of hydrogen-bond acceptors (Lipinski definition) is 14.